The maximum Gasteiger partial charge on any atom is 0.183 e. The molecule has 66 valence electrons. The second kappa shape index (κ2) is 2.93. The second-order valence-corrected chi connectivity index (χ2v) is 2.72. The molecule has 2 aromatic rings. The quantitative estimate of drug-likeness (QED) is 0.636. The third kappa shape index (κ3) is 1.28. The number of aromatic nitrogens is 5. The van der Waals surface area contributed by atoms with Crippen LogP contribution in [0.25, 0.3) is 11.5 Å². The lowest BCUT2D eigenvalue weighted by atomic mass is 10.4. The number of hydrogen-bond acceptors (Lipinski definition) is 4. The predicted molar refractivity (Wildman–Crippen MR) is 46.8 cm³/mol. The molecule has 2 rings (SSSR count). The second-order valence-electron chi connectivity index (χ2n) is 2.72. The van der Waals surface area contributed by atoms with E-state index in [4.69, 9.17) is 0 Å². The van der Waals surface area contributed by atoms with Crippen LogP contribution in [0.15, 0.2) is 18.6 Å². The summed E-state index contributed by atoms with van der Waals surface area (Å²) in [7, 11) is 1.90. The van der Waals surface area contributed by atoms with Gasteiger partial charge in [0.25, 0.3) is 0 Å². The molecule has 0 N–H and O–H groups in total. The van der Waals surface area contributed by atoms with Gasteiger partial charge >= 0.3 is 0 Å². The molecule has 13 heavy (non-hydrogen) atoms. The Morgan fingerprint density at radius 1 is 1.23 bits per heavy atom. The smallest absolute Gasteiger partial charge is 0.183 e. The Labute approximate surface area is 75.5 Å². The summed E-state index contributed by atoms with van der Waals surface area (Å²) in [5, 5.41) is 7.93. The van der Waals surface area contributed by atoms with Gasteiger partial charge in [0.05, 0.1) is 6.20 Å². The van der Waals surface area contributed by atoms with Crippen LogP contribution >= 0.6 is 0 Å². The summed E-state index contributed by atoms with van der Waals surface area (Å²) in [6, 6.07) is 0. The molecule has 0 unspecified atom stereocenters. The van der Waals surface area contributed by atoms with Crippen molar-refractivity contribution in [3.05, 3.63) is 24.4 Å². The van der Waals surface area contributed by atoms with Crippen LogP contribution in [-0.4, -0.2) is 24.7 Å². The molecule has 0 aromatic carbocycles. The molecule has 0 aliphatic rings. The largest absolute Gasteiger partial charge is 0.313 e. The van der Waals surface area contributed by atoms with E-state index in [0.29, 0.717) is 0 Å². The van der Waals surface area contributed by atoms with Gasteiger partial charge < -0.3 is 4.57 Å². The molecular weight excluding hydrogens is 166 g/mol. The van der Waals surface area contributed by atoms with E-state index in [-0.39, 0.29) is 0 Å². The van der Waals surface area contributed by atoms with E-state index in [1.54, 1.807) is 18.6 Å². The minimum atomic E-state index is 0.741. The molecule has 5 nitrogen and oxygen atoms in total. The lowest BCUT2D eigenvalue weighted by molar-refractivity contribution is 0.860. The number of nitrogens with zero attached hydrogens (tertiary/aromatic N) is 5. The lowest BCUT2D eigenvalue weighted by Gasteiger charge is -1.98. The summed E-state index contributed by atoms with van der Waals surface area (Å²) in [5.74, 6) is 1.60. The topological polar surface area (TPSA) is 56.5 Å². The first-order valence-corrected chi connectivity index (χ1v) is 3.91. The number of aryl methyl sites for hydroxylation is 1. The standard InChI is InChI=1S/C8H9N5/c1-6-11-12-8(13(6)2)7-5-9-3-4-10-7/h3-5H,1-2H3. The van der Waals surface area contributed by atoms with Gasteiger partial charge in [-0.3, -0.25) is 4.98 Å². The van der Waals surface area contributed by atoms with Crippen molar-refractivity contribution in [2.24, 2.45) is 7.05 Å². The maximum atomic E-state index is 4.14. The SMILES string of the molecule is Cc1nnc(-c2cnccn2)n1C. The van der Waals surface area contributed by atoms with Crippen molar-refractivity contribution >= 4 is 0 Å². The van der Waals surface area contributed by atoms with Crippen molar-refractivity contribution in [2.75, 3.05) is 0 Å². The van der Waals surface area contributed by atoms with E-state index in [1.807, 2.05) is 18.5 Å². The molecule has 0 atom stereocenters. The van der Waals surface area contributed by atoms with Crippen LogP contribution in [0.2, 0.25) is 0 Å². The van der Waals surface area contributed by atoms with Gasteiger partial charge in [0, 0.05) is 19.4 Å². The van der Waals surface area contributed by atoms with E-state index in [9.17, 15) is 0 Å². The predicted octanol–water partition coefficient (Wildman–Crippen LogP) is 0.581. The van der Waals surface area contributed by atoms with E-state index in [2.05, 4.69) is 20.2 Å². The van der Waals surface area contributed by atoms with E-state index >= 15 is 0 Å². The third-order valence-electron chi connectivity index (χ3n) is 1.88. The summed E-state index contributed by atoms with van der Waals surface area (Å²) >= 11 is 0. The Hall–Kier alpha value is -1.78. The summed E-state index contributed by atoms with van der Waals surface area (Å²) in [5.41, 5.74) is 0.741. The monoisotopic (exact) mass is 175 g/mol. The zero-order valence-electron chi connectivity index (χ0n) is 7.47. The minimum absolute atomic E-state index is 0.741. The fourth-order valence-electron chi connectivity index (χ4n) is 1.04. The van der Waals surface area contributed by atoms with Crippen LogP contribution in [0.1, 0.15) is 5.82 Å². The van der Waals surface area contributed by atoms with Crippen molar-refractivity contribution < 1.29 is 0 Å². The normalized spacial score (nSPS) is 10.3. The van der Waals surface area contributed by atoms with Gasteiger partial charge in [-0.05, 0) is 6.92 Å². The van der Waals surface area contributed by atoms with Crippen LogP contribution in [0.4, 0.5) is 0 Å². The van der Waals surface area contributed by atoms with Crippen molar-refractivity contribution in [1.29, 1.82) is 0 Å². The van der Waals surface area contributed by atoms with Gasteiger partial charge in [-0.25, -0.2) is 4.98 Å². The Morgan fingerprint density at radius 2 is 2.08 bits per heavy atom. The molecule has 0 amide bonds. The number of hydrogen-bond donors (Lipinski definition) is 0. The van der Waals surface area contributed by atoms with Crippen molar-refractivity contribution in [3.63, 3.8) is 0 Å². The van der Waals surface area contributed by atoms with Crippen molar-refractivity contribution in [3.8, 4) is 11.5 Å². The van der Waals surface area contributed by atoms with E-state index in [0.717, 1.165) is 17.3 Å². The molecule has 0 fully saturated rings. The van der Waals surface area contributed by atoms with Gasteiger partial charge in [-0.15, -0.1) is 10.2 Å². The summed E-state index contributed by atoms with van der Waals surface area (Å²) < 4.78 is 1.88. The Bertz CT molecular complexity index is 406. The Kier molecular flexibility index (Phi) is 1.77. The molecule has 0 saturated carbocycles. The van der Waals surface area contributed by atoms with Crippen LogP contribution in [0.5, 0.6) is 0 Å². The van der Waals surface area contributed by atoms with Crippen LogP contribution in [0, 0.1) is 6.92 Å². The maximum absolute atomic E-state index is 4.14. The first-order valence-electron chi connectivity index (χ1n) is 3.91. The highest BCUT2D eigenvalue weighted by Gasteiger charge is 2.07. The first-order chi connectivity index (χ1) is 6.29. The van der Waals surface area contributed by atoms with Gasteiger partial charge in [0.1, 0.15) is 11.5 Å². The van der Waals surface area contributed by atoms with Crippen molar-refractivity contribution in [2.45, 2.75) is 6.92 Å². The van der Waals surface area contributed by atoms with Crippen LogP contribution in [-0.2, 0) is 7.05 Å². The van der Waals surface area contributed by atoms with Crippen molar-refractivity contribution in [1.82, 2.24) is 24.7 Å². The zero-order valence-corrected chi connectivity index (χ0v) is 7.47. The van der Waals surface area contributed by atoms with Gasteiger partial charge in [-0.2, -0.15) is 0 Å². The van der Waals surface area contributed by atoms with Crippen LogP contribution < -0.4 is 0 Å². The fraction of sp³-hybridized carbons (Fsp3) is 0.250. The Morgan fingerprint density at radius 3 is 2.62 bits per heavy atom. The average Bonchev–Trinajstić information content (AvgIpc) is 2.49. The molecule has 5 heteroatoms. The fourth-order valence-corrected chi connectivity index (χ4v) is 1.04. The zero-order chi connectivity index (χ0) is 9.26. The summed E-state index contributed by atoms with van der Waals surface area (Å²) in [6.07, 6.45) is 4.94. The molecular formula is C8H9N5. The van der Waals surface area contributed by atoms with Gasteiger partial charge in [-0.1, -0.05) is 0 Å². The average molecular weight is 175 g/mol. The molecule has 0 spiro atoms. The highest BCUT2D eigenvalue weighted by atomic mass is 15.3. The molecule has 0 radical (unpaired) electrons. The molecule has 0 bridgehead atoms. The Balaban J connectivity index is 2.53. The minimum Gasteiger partial charge on any atom is -0.313 e. The molecule has 0 aliphatic carbocycles. The molecule has 2 aromatic heterocycles. The molecule has 2 heterocycles. The molecule has 0 aliphatic heterocycles. The summed E-state index contributed by atoms with van der Waals surface area (Å²) in [6.45, 7) is 1.90. The van der Waals surface area contributed by atoms with E-state index in [1.165, 1.54) is 0 Å². The highest BCUT2D eigenvalue weighted by Crippen LogP contribution is 2.11. The summed E-state index contributed by atoms with van der Waals surface area (Å²) in [4.78, 5) is 8.11. The third-order valence-corrected chi connectivity index (χ3v) is 1.88. The highest BCUT2D eigenvalue weighted by molar-refractivity contribution is 5.46. The lowest BCUT2D eigenvalue weighted by Crippen LogP contribution is -1.96. The van der Waals surface area contributed by atoms with Gasteiger partial charge in [0.15, 0.2) is 5.82 Å². The van der Waals surface area contributed by atoms with Gasteiger partial charge in [0.2, 0.25) is 0 Å². The molecule has 0 saturated heterocycles. The van der Waals surface area contributed by atoms with E-state index < -0.39 is 0 Å². The number of rotatable bonds is 1. The first kappa shape index (κ1) is 7.85. The van der Waals surface area contributed by atoms with Crippen LogP contribution in [0.3, 0.4) is 0 Å².